The van der Waals surface area contributed by atoms with Crippen LogP contribution in [0.25, 0.3) is 11.0 Å². The van der Waals surface area contributed by atoms with Crippen molar-refractivity contribution in [3.63, 3.8) is 0 Å². The van der Waals surface area contributed by atoms with Crippen molar-refractivity contribution in [2.24, 2.45) is 0 Å². The third-order valence-corrected chi connectivity index (χ3v) is 2.75. The summed E-state index contributed by atoms with van der Waals surface area (Å²) in [7, 11) is 0. The van der Waals surface area contributed by atoms with Crippen molar-refractivity contribution in [2.45, 2.75) is 19.9 Å². The smallest absolute Gasteiger partial charge is 0.103 e. The summed E-state index contributed by atoms with van der Waals surface area (Å²) in [6, 6.07) is 6.60. The van der Waals surface area contributed by atoms with Crippen LogP contribution >= 0.6 is 15.9 Å². The van der Waals surface area contributed by atoms with Crippen molar-refractivity contribution in [3.8, 4) is 0 Å². The zero-order chi connectivity index (χ0) is 9.42. The van der Waals surface area contributed by atoms with Crippen LogP contribution in [0.3, 0.4) is 0 Å². The number of imidazole rings is 1. The second-order valence-corrected chi connectivity index (χ2v) is 4.21. The van der Waals surface area contributed by atoms with Gasteiger partial charge in [-0.25, -0.2) is 4.98 Å². The van der Waals surface area contributed by atoms with E-state index in [4.69, 9.17) is 0 Å². The van der Waals surface area contributed by atoms with Crippen LogP contribution in [0, 0.1) is 0 Å². The van der Waals surface area contributed by atoms with E-state index < -0.39 is 0 Å². The number of nitrogens with zero attached hydrogens (tertiary/aromatic N) is 2. The predicted octanol–water partition coefficient (Wildman–Crippen LogP) is 3.38. The number of fused-ring (bicyclic) bond motifs is 1. The van der Waals surface area contributed by atoms with Crippen LogP contribution < -0.4 is 0 Å². The molecule has 0 spiro atoms. The largest absolute Gasteiger partial charge is 0.328 e. The normalized spacial score (nSPS) is 11.4. The highest BCUT2D eigenvalue weighted by atomic mass is 79.9. The molecule has 1 aromatic heterocycles. The van der Waals surface area contributed by atoms with Crippen molar-refractivity contribution < 1.29 is 0 Å². The molecule has 0 N–H and O–H groups in total. The monoisotopic (exact) mass is 238 g/mol. The van der Waals surface area contributed by atoms with E-state index in [1.54, 1.807) is 0 Å². The molecule has 0 aliphatic carbocycles. The minimum atomic E-state index is 0.458. The minimum Gasteiger partial charge on any atom is -0.328 e. The fourth-order valence-electron chi connectivity index (χ4n) is 1.43. The molecule has 2 nitrogen and oxygen atoms in total. The topological polar surface area (TPSA) is 17.8 Å². The van der Waals surface area contributed by atoms with Gasteiger partial charge in [0.05, 0.1) is 11.8 Å². The maximum Gasteiger partial charge on any atom is 0.103 e. The third kappa shape index (κ3) is 1.37. The van der Waals surface area contributed by atoms with E-state index in [-0.39, 0.29) is 0 Å². The van der Waals surface area contributed by atoms with Crippen LogP contribution in [0.4, 0.5) is 0 Å². The number of aromatic nitrogens is 2. The number of halogens is 1. The highest BCUT2D eigenvalue weighted by molar-refractivity contribution is 9.10. The predicted molar refractivity (Wildman–Crippen MR) is 57.8 cm³/mol. The molecule has 0 atom stereocenters. The Morgan fingerprint density at radius 1 is 1.38 bits per heavy atom. The first-order valence-electron chi connectivity index (χ1n) is 4.31. The fourth-order valence-corrected chi connectivity index (χ4v) is 1.89. The molecular formula is C10H11BrN2. The third-order valence-electron chi connectivity index (χ3n) is 2.11. The van der Waals surface area contributed by atoms with Crippen molar-refractivity contribution in [2.75, 3.05) is 0 Å². The molecule has 0 radical (unpaired) electrons. The first-order valence-corrected chi connectivity index (χ1v) is 5.10. The average molecular weight is 239 g/mol. The van der Waals surface area contributed by atoms with Crippen LogP contribution in [0.5, 0.6) is 0 Å². The van der Waals surface area contributed by atoms with Crippen LogP contribution in [0.1, 0.15) is 19.9 Å². The highest BCUT2D eigenvalue weighted by Gasteiger charge is 2.06. The Morgan fingerprint density at radius 3 is 2.85 bits per heavy atom. The molecule has 0 bridgehead atoms. The molecule has 0 aliphatic heterocycles. The van der Waals surface area contributed by atoms with E-state index in [1.165, 1.54) is 5.52 Å². The molecule has 13 heavy (non-hydrogen) atoms. The Hall–Kier alpha value is -0.830. The Kier molecular flexibility index (Phi) is 2.12. The summed E-state index contributed by atoms with van der Waals surface area (Å²) in [5.74, 6) is 0. The van der Waals surface area contributed by atoms with Crippen molar-refractivity contribution in [1.29, 1.82) is 0 Å². The SMILES string of the molecule is CC(C)n1cnc2c(Br)cccc21. The quantitative estimate of drug-likeness (QED) is 0.745. The molecule has 1 aromatic carbocycles. The molecule has 3 heteroatoms. The Balaban J connectivity index is 2.75. The Morgan fingerprint density at radius 2 is 2.15 bits per heavy atom. The first-order chi connectivity index (χ1) is 6.20. The summed E-state index contributed by atoms with van der Waals surface area (Å²) < 4.78 is 3.23. The zero-order valence-corrected chi connectivity index (χ0v) is 9.25. The van der Waals surface area contributed by atoms with Crippen molar-refractivity contribution in [3.05, 3.63) is 29.0 Å². The summed E-state index contributed by atoms with van der Waals surface area (Å²) >= 11 is 3.48. The lowest BCUT2D eigenvalue weighted by molar-refractivity contribution is 0.617. The summed E-state index contributed by atoms with van der Waals surface area (Å²) in [5.41, 5.74) is 2.22. The maximum atomic E-state index is 4.36. The van der Waals surface area contributed by atoms with Gasteiger partial charge in [-0.15, -0.1) is 0 Å². The van der Waals surface area contributed by atoms with Crippen LogP contribution in [-0.2, 0) is 0 Å². The van der Waals surface area contributed by atoms with Crippen molar-refractivity contribution in [1.82, 2.24) is 9.55 Å². The first kappa shape index (κ1) is 8.75. The summed E-state index contributed by atoms with van der Waals surface area (Å²) in [5, 5.41) is 0. The van der Waals surface area contributed by atoms with E-state index in [1.807, 2.05) is 18.5 Å². The van der Waals surface area contributed by atoms with E-state index >= 15 is 0 Å². The fraction of sp³-hybridized carbons (Fsp3) is 0.300. The van der Waals surface area contributed by atoms with E-state index in [9.17, 15) is 0 Å². The van der Waals surface area contributed by atoms with Gasteiger partial charge in [0.15, 0.2) is 0 Å². The Bertz CT molecular complexity index is 431. The summed E-state index contributed by atoms with van der Waals surface area (Å²) in [6.45, 7) is 4.31. The second-order valence-electron chi connectivity index (χ2n) is 3.35. The van der Waals surface area contributed by atoms with Crippen LogP contribution in [0.2, 0.25) is 0 Å². The van der Waals surface area contributed by atoms with Gasteiger partial charge >= 0.3 is 0 Å². The maximum absolute atomic E-state index is 4.36. The molecule has 1 heterocycles. The van der Waals surface area contributed by atoms with Gasteiger partial charge in [-0.1, -0.05) is 6.07 Å². The van der Waals surface area contributed by atoms with E-state index in [0.717, 1.165) is 9.99 Å². The minimum absolute atomic E-state index is 0.458. The van der Waals surface area contributed by atoms with Gasteiger partial charge in [-0.3, -0.25) is 0 Å². The van der Waals surface area contributed by atoms with Gasteiger partial charge < -0.3 is 4.57 Å². The van der Waals surface area contributed by atoms with Crippen LogP contribution in [0.15, 0.2) is 29.0 Å². The van der Waals surface area contributed by atoms with Gasteiger partial charge in [-0.2, -0.15) is 0 Å². The molecule has 68 valence electrons. The van der Waals surface area contributed by atoms with Gasteiger partial charge in [-0.05, 0) is 41.9 Å². The molecule has 2 aromatic rings. The number of benzene rings is 1. The average Bonchev–Trinajstić information content (AvgIpc) is 2.48. The lowest BCUT2D eigenvalue weighted by Gasteiger charge is -2.07. The number of rotatable bonds is 1. The van der Waals surface area contributed by atoms with Gasteiger partial charge in [0.1, 0.15) is 5.52 Å². The highest BCUT2D eigenvalue weighted by Crippen LogP contribution is 2.24. The number of para-hydroxylation sites is 1. The molecular weight excluding hydrogens is 228 g/mol. The standard InChI is InChI=1S/C10H11BrN2/c1-7(2)13-6-12-10-8(11)4-3-5-9(10)13/h3-7H,1-2H3. The van der Waals surface area contributed by atoms with Crippen LogP contribution in [-0.4, -0.2) is 9.55 Å². The molecule has 0 amide bonds. The molecule has 0 fully saturated rings. The van der Waals surface area contributed by atoms with Gasteiger partial charge in [0.2, 0.25) is 0 Å². The van der Waals surface area contributed by atoms with Gasteiger partial charge in [0.25, 0.3) is 0 Å². The molecule has 0 saturated carbocycles. The zero-order valence-electron chi connectivity index (χ0n) is 7.66. The Labute approximate surface area is 85.7 Å². The van der Waals surface area contributed by atoms with E-state index in [2.05, 4.69) is 45.4 Å². The summed E-state index contributed by atoms with van der Waals surface area (Å²) in [4.78, 5) is 4.36. The molecule has 0 aliphatic rings. The number of hydrogen-bond acceptors (Lipinski definition) is 1. The molecule has 0 saturated heterocycles. The van der Waals surface area contributed by atoms with Crippen molar-refractivity contribution >= 4 is 27.0 Å². The van der Waals surface area contributed by atoms with Gasteiger partial charge in [0, 0.05) is 10.5 Å². The lowest BCUT2D eigenvalue weighted by Crippen LogP contribution is -1.97. The second kappa shape index (κ2) is 3.14. The molecule has 2 rings (SSSR count). The molecule has 0 unspecified atom stereocenters. The number of hydrogen-bond donors (Lipinski definition) is 0. The lowest BCUT2D eigenvalue weighted by atomic mass is 10.3. The summed E-state index contributed by atoms with van der Waals surface area (Å²) in [6.07, 6.45) is 1.89. The van der Waals surface area contributed by atoms with E-state index in [0.29, 0.717) is 6.04 Å².